The summed E-state index contributed by atoms with van der Waals surface area (Å²) in [6.07, 6.45) is 1.20. The fourth-order valence-electron chi connectivity index (χ4n) is 1.32. The van der Waals surface area contributed by atoms with Crippen LogP contribution in [0.3, 0.4) is 0 Å². The minimum Gasteiger partial charge on any atom is -0.309 e. The summed E-state index contributed by atoms with van der Waals surface area (Å²) in [6.45, 7) is -0.0884. The van der Waals surface area contributed by atoms with Crippen molar-refractivity contribution in [3.63, 3.8) is 0 Å². The quantitative estimate of drug-likeness (QED) is 0.811. The summed E-state index contributed by atoms with van der Waals surface area (Å²) in [6, 6.07) is 1.15. The van der Waals surface area contributed by atoms with Gasteiger partial charge in [0.25, 0.3) is 11.1 Å². The molecule has 0 amide bonds. The molecule has 18 heavy (non-hydrogen) atoms. The molecule has 0 saturated heterocycles. The van der Waals surface area contributed by atoms with Gasteiger partial charge in [-0.15, -0.1) is 0 Å². The van der Waals surface area contributed by atoms with Gasteiger partial charge in [-0.2, -0.15) is 5.10 Å². The number of H-pyrrole nitrogens is 2. The zero-order valence-electron chi connectivity index (χ0n) is 8.74. The molecule has 2 heterocycles. The van der Waals surface area contributed by atoms with E-state index in [9.17, 15) is 14.4 Å². The molecule has 2 N–H and O–H groups in total. The Bertz CT molecular complexity index is 733. The van der Waals surface area contributed by atoms with Crippen molar-refractivity contribution in [2.45, 2.75) is 6.54 Å². The fourth-order valence-corrected chi connectivity index (χ4v) is 1.59. The first kappa shape index (κ1) is 12.6. The Hall–Kier alpha value is -1.86. The molecular formula is C9H6Cl2N4O3. The van der Waals surface area contributed by atoms with Crippen molar-refractivity contribution >= 4 is 23.2 Å². The third-order valence-corrected chi connectivity index (χ3v) is 2.83. The topological polar surface area (TPSA) is 101 Å². The first-order valence-corrected chi connectivity index (χ1v) is 5.46. The summed E-state index contributed by atoms with van der Waals surface area (Å²) in [5, 5.41) is 3.62. The van der Waals surface area contributed by atoms with Crippen molar-refractivity contribution in [2.24, 2.45) is 0 Å². The lowest BCUT2D eigenvalue weighted by Gasteiger charge is -2.04. The van der Waals surface area contributed by atoms with E-state index in [1.165, 1.54) is 6.20 Å². The van der Waals surface area contributed by atoms with E-state index in [1.807, 2.05) is 4.98 Å². The molecule has 0 aromatic carbocycles. The third-order valence-electron chi connectivity index (χ3n) is 2.08. The second-order valence-electron chi connectivity index (χ2n) is 3.38. The summed E-state index contributed by atoms with van der Waals surface area (Å²) in [7, 11) is 0. The SMILES string of the molecule is O=c1cc(Cn2ncc(Cl)c(Cl)c2=O)[nH]c(=O)[nH]1. The maximum absolute atomic E-state index is 11.7. The zero-order chi connectivity index (χ0) is 13.3. The van der Waals surface area contributed by atoms with Gasteiger partial charge in [0.15, 0.2) is 0 Å². The summed E-state index contributed by atoms with van der Waals surface area (Å²) < 4.78 is 0.985. The van der Waals surface area contributed by atoms with Crippen LogP contribution in [-0.2, 0) is 6.54 Å². The lowest BCUT2D eigenvalue weighted by molar-refractivity contribution is 0.624. The molecule has 0 bridgehead atoms. The molecule has 0 radical (unpaired) electrons. The molecule has 2 aromatic rings. The second-order valence-corrected chi connectivity index (χ2v) is 4.17. The van der Waals surface area contributed by atoms with Crippen LogP contribution in [0.4, 0.5) is 0 Å². The number of rotatable bonds is 2. The van der Waals surface area contributed by atoms with Crippen LogP contribution in [-0.4, -0.2) is 19.7 Å². The molecule has 0 aliphatic carbocycles. The van der Waals surface area contributed by atoms with Gasteiger partial charge in [0.1, 0.15) is 5.02 Å². The monoisotopic (exact) mass is 288 g/mol. The predicted molar refractivity (Wildman–Crippen MR) is 65.3 cm³/mol. The highest BCUT2D eigenvalue weighted by atomic mass is 35.5. The normalized spacial score (nSPS) is 10.6. The Kier molecular flexibility index (Phi) is 3.35. The Morgan fingerprint density at radius 2 is 1.94 bits per heavy atom. The van der Waals surface area contributed by atoms with E-state index in [0.29, 0.717) is 0 Å². The van der Waals surface area contributed by atoms with Crippen molar-refractivity contribution in [2.75, 3.05) is 0 Å². The van der Waals surface area contributed by atoms with Crippen LogP contribution in [0.5, 0.6) is 0 Å². The molecule has 2 aromatic heterocycles. The lowest BCUT2D eigenvalue weighted by atomic mass is 10.4. The average molecular weight is 289 g/mol. The van der Waals surface area contributed by atoms with Gasteiger partial charge in [0.2, 0.25) is 0 Å². The molecule has 0 fully saturated rings. The van der Waals surface area contributed by atoms with Gasteiger partial charge in [-0.1, -0.05) is 23.2 Å². The molecule has 0 aliphatic rings. The molecule has 0 aliphatic heterocycles. The molecular weight excluding hydrogens is 283 g/mol. The lowest BCUT2D eigenvalue weighted by Crippen LogP contribution is -2.28. The van der Waals surface area contributed by atoms with Crippen LogP contribution in [0.15, 0.2) is 26.6 Å². The van der Waals surface area contributed by atoms with Gasteiger partial charge in [0, 0.05) is 11.8 Å². The summed E-state index contributed by atoms with van der Waals surface area (Å²) >= 11 is 11.3. The Balaban J connectivity index is 2.47. The van der Waals surface area contributed by atoms with Crippen molar-refractivity contribution in [3.8, 4) is 0 Å². The molecule has 9 heteroatoms. The van der Waals surface area contributed by atoms with Crippen molar-refractivity contribution in [3.05, 3.63) is 59.2 Å². The Morgan fingerprint density at radius 1 is 1.22 bits per heavy atom. The fraction of sp³-hybridized carbons (Fsp3) is 0.111. The number of hydrogen-bond donors (Lipinski definition) is 2. The summed E-state index contributed by atoms with van der Waals surface area (Å²) in [4.78, 5) is 38.2. The number of halogens is 2. The van der Waals surface area contributed by atoms with E-state index >= 15 is 0 Å². The molecule has 0 spiro atoms. The maximum Gasteiger partial charge on any atom is 0.325 e. The minimum absolute atomic E-state index is 0.0392. The van der Waals surface area contributed by atoms with Crippen molar-refractivity contribution in [1.82, 2.24) is 19.7 Å². The van der Waals surface area contributed by atoms with Gasteiger partial charge in [0.05, 0.1) is 17.8 Å². The van der Waals surface area contributed by atoms with Crippen LogP contribution in [0.1, 0.15) is 5.69 Å². The minimum atomic E-state index is -0.661. The predicted octanol–water partition coefficient (Wildman–Crippen LogP) is -0.0250. The highest BCUT2D eigenvalue weighted by Gasteiger charge is 2.08. The number of hydrogen-bond acceptors (Lipinski definition) is 4. The van der Waals surface area contributed by atoms with E-state index in [0.717, 1.165) is 10.7 Å². The molecule has 0 saturated carbocycles. The first-order valence-electron chi connectivity index (χ1n) is 4.71. The van der Waals surface area contributed by atoms with E-state index in [2.05, 4.69) is 10.1 Å². The van der Waals surface area contributed by atoms with E-state index in [4.69, 9.17) is 23.2 Å². The number of aromatic amines is 2. The Morgan fingerprint density at radius 3 is 2.61 bits per heavy atom. The van der Waals surface area contributed by atoms with E-state index < -0.39 is 16.8 Å². The van der Waals surface area contributed by atoms with Crippen molar-refractivity contribution in [1.29, 1.82) is 0 Å². The molecule has 94 valence electrons. The van der Waals surface area contributed by atoms with E-state index in [1.54, 1.807) is 0 Å². The third kappa shape index (κ3) is 2.52. The average Bonchev–Trinajstić information content (AvgIpc) is 2.29. The molecule has 7 nitrogen and oxygen atoms in total. The molecule has 0 unspecified atom stereocenters. The molecule has 0 atom stereocenters. The number of aromatic nitrogens is 4. The largest absolute Gasteiger partial charge is 0.325 e. The molecule has 2 rings (SSSR count). The van der Waals surface area contributed by atoms with Gasteiger partial charge >= 0.3 is 5.69 Å². The summed E-state index contributed by atoms with van der Waals surface area (Å²) in [5.41, 5.74) is -1.60. The first-order chi connectivity index (χ1) is 8.47. The van der Waals surface area contributed by atoms with E-state index in [-0.39, 0.29) is 22.3 Å². The van der Waals surface area contributed by atoms with Crippen LogP contribution < -0.4 is 16.8 Å². The smallest absolute Gasteiger partial charge is 0.309 e. The van der Waals surface area contributed by atoms with Crippen LogP contribution >= 0.6 is 23.2 Å². The van der Waals surface area contributed by atoms with Gasteiger partial charge in [-0.25, -0.2) is 9.48 Å². The maximum atomic E-state index is 11.7. The van der Waals surface area contributed by atoms with Crippen LogP contribution in [0.2, 0.25) is 10.0 Å². The summed E-state index contributed by atoms with van der Waals surface area (Å²) in [5.74, 6) is 0. The standard InChI is InChI=1S/C9H6Cl2N4O3/c10-5-2-12-15(8(17)7(5)11)3-4-1-6(16)14-9(18)13-4/h1-2H,3H2,(H2,13,14,16,18). The van der Waals surface area contributed by atoms with Gasteiger partial charge < -0.3 is 4.98 Å². The van der Waals surface area contributed by atoms with Gasteiger partial charge in [-0.05, 0) is 0 Å². The van der Waals surface area contributed by atoms with Crippen LogP contribution in [0, 0.1) is 0 Å². The Labute approximate surface area is 109 Å². The highest BCUT2D eigenvalue weighted by Crippen LogP contribution is 2.14. The van der Waals surface area contributed by atoms with Gasteiger partial charge in [-0.3, -0.25) is 14.6 Å². The highest BCUT2D eigenvalue weighted by molar-refractivity contribution is 6.41. The van der Waals surface area contributed by atoms with Crippen LogP contribution in [0.25, 0.3) is 0 Å². The zero-order valence-corrected chi connectivity index (χ0v) is 10.2. The van der Waals surface area contributed by atoms with Crippen molar-refractivity contribution < 1.29 is 0 Å². The number of nitrogens with one attached hydrogen (secondary N) is 2. The number of nitrogens with zero attached hydrogens (tertiary/aromatic N) is 2. The second kappa shape index (κ2) is 4.79.